The number of pyridine rings is 1. The summed E-state index contributed by atoms with van der Waals surface area (Å²) in [6.45, 7) is 7.75. The fourth-order valence-corrected chi connectivity index (χ4v) is 2.08. The maximum Gasteiger partial charge on any atom is 0.341 e. The Morgan fingerprint density at radius 2 is 1.95 bits per heavy atom. The number of hydrogen-bond acceptors (Lipinski definition) is 3. The third kappa shape index (κ3) is 4.44. The van der Waals surface area contributed by atoms with E-state index in [4.69, 9.17) is 5.11 Å². The maximum atomic E-state index is 12.2. The number of carboxylic acids is 1. The van der Waals surface area contributed by atoms with Crippen molar-refractivity contribution in [3.63, 3.8) is 0 Å². The number of amides is 1. The monoisotopic (exact) mass is 294 g/mol. The van der Waals surface area contributed by atoms with Gasteiger partial charge in [0.1, 0.15) is 12.1 Å². The van der Waals surface area contributed by atoms with E-state index in [0.717, 1.165) is 6.42 Å². The number of hydrogen-bond donors (Lipinski definition) is 2. The van der Waals surface area contributed by atoms with Crippen molar-refractivity contribution in [3.05, 3.63) is 33.2 Å². The molecular weight excluding hydrogens is 272 g/mol. The lowest BCUT2D eigenvalue weighted by atomic mass is 10.1. The van der Waals surface area contributed by atoms with Crippen molar-refractivity contribution in [2.24, 2.45) is 5.92 Å². The average Bonchev–Trinajstić information content (AvgIpc) is 2.33. The normalized spacial score (nSPS) is 10.7. The predicted molar refractivity (Wildman–Crippen MR) is 79.6 cm³/mol. The van der Waals surface area contributed by atoms with Gasteiger partial charge in [0.25, 0.3) is 5.56 Å². The van der Waals surface area contributed by atoms with Crippen LogP contribution in [0.4, 0.5) is 0 Å². The van der Waals surface area contributed by atoms with Gasteiger partial charge in [-0.05, 0) is 37.8 Å². The fraction of sp³-hybridized carbons (Fsp3) is 0.533. The van der Waals surface area contributed by atoms with Crippen LogP contribution in [0.15, 0.2) is 10.9 Å². The molecule has 0 aliphatic carbocycles. The van der Waals surface area contributed by atoms with Crippen LogP contribution in [0.3, 0.4) is 0 Å². The summed E-state index contributed by atoms with van der Waals surface area (Å²) < 4.78 is 1.20. The standard InChI is InChI=1S/C15H22N2O4/c1-9(2)5-6-16-12(18)8-17-11(4)7-10(3)13(14(17)19)15(20)21/h7,9H,5-6,8H2,1-4H3,(H,16,18)(H,20,21). The molecule has 0 saturated heterocycles. The van der Waals surface area contributed by atoms with Gasteiger partial charge in [-0.15, -0.1) is 0 Å². The van der Waals surface area contributed by atoms with Crippen molar-refractivity contribution >= 4 is 11.9 Å². The van der Waals surface area contributed by atoms with Crippen LogP contribution in [0.1, 0.15) is 41.9 Å². The first-order chi connectivity index (χ1) is 9.73. The van der Waals surface area contributed by atoms with Gasteiger partial charge in [-0.3, -0.25) is 9.59 Å². The van der Waals surface area contributed by atoms with Gasteiger partial charge < -0.3 is 15.0 Å². The summed E-state index contributed by atoms with van der Waals surface area (Å²) in [4.78, 5) is 35.1. The average molecular weight is 294 g/mol. The van der Waals surface area contributed by atoms with Crippen molar-refractivity contribution in [2.45, 2.75) is 40.7 Å². The van der Waals surface area contributed by atoms with Gasteiger partial charge in [-0.1, -0.05) is 13.8 Å². The Labute approximate surface area is 123 Å². The fourth-order valence-electron chi connectivity index (χ4n) is 2.08. The minimum absolute atomic E-state index is 0.163. The molecule has 116 valence electrons. The second-order valence-corrected chi connectivity index (χ2v) is 5.57. The molecule has 1 aromatic rings. The Morgan fingerprint density at radius 3 is 2.48 bits per heavy atom. The zero-order valence-electron chi connectivity index (χ0n) is 12.9. The number of nitrogens with zero attached hydrogens (tertiary/aromatic N) is 1. The molecule has 1 amide bonds. The maximum absolute atomic E-state index is 12.2. The van der Waals surface area contributed by atoms with Crippen LogP contribution in [0.5, 0.6) is 0 Å². The van der Waals surface area contributed by atoms with Crippen molar-refractivity contribution < 1.29 is 14.7 Å². The molecule has 0 radical (unpaired) electrons. The van der Waals surface area contributed by atoms with Gasteiger partial charge in [0.15, 0.2) is 0 Å². The van der Waals surface area contributed by atoms with Crippen LogP contribution in [-0.2, 0) is 11.3 Å². The van der Waals surface area contributed by atoms with E-state index in [1.165, 1.54) is 4.57 Å². The van der Waals surface area contributed by atoms with Gasteiger partial charge in [0.05, 0.1) is 0 Å². The number of rotatable bonds is 6. The topological polar surface area (TPSA) is 88.4 Å². The minimum Gasteiger partial charge on any atom is -0.477 e. The van der Waals surface area contributed by atoms with Crippen LogP contribution in [0.25, 0.3) is 0 Å². The van der Waals surface area contributed by atoms with Crippen LogP contribution >= 0.6 is 0 Å². The van der Waals surface area contributed by atoms with Crippen molar-refractivity contribution in [1.82, 2.24) is 9.88 Å². The molecule has 1 aromatic heterocycles. The van der Waals surface area contributed by atoms with E-state index in [0.29, 0.717) is 23.7 Å². The molecule has 1 heterocycles. The van der Waals surface area contributed by atoms with Crippen LogP contribution < -0.4 is 10.9 Å². The first-order valence-corrected chi connectivity index (χ1v) is 6.95. The molecule has 21 heavy (non-hydrogen) atoms. The minimum atomic E-state index is -1.27. The predicted octanol–water partition coefficient (Wildman–Crippen LogP) is 1.33. The number of carbonyl (C=O) groups is 2. The number of nitrogens with one attached hydrogen (secondary N) is 1. The zero-order chi connectivity index (χ0) is 16.2. The Balaban J connectivity index is 2.94. The number of aromatic nitrogens is 1. The number of carboxylic acid groups (broad SMARTS) is 1. The lowest BCUT2D eigenvalue weighted by molar-refractivity contribution is -0.121. The number of aryl methyl sites for hydroxylation is 2. The Bertz CT molecular complexity index is 602. The van der Waals surface area contributed by atoms with Gasteiger partial charge in [0, 0.05) is 12.2 Å². The molecule has 6 nitrogen and oxygen atoms in total. The third-order valence-electron chi connectivity index (χ3n) is 3.26. The Kier molecular flexibility index (Phi) is 5.69. The second kappa shape index (κ2) is 7.06. The van der Waals surface area contributed by atoms with Crippen molar-refractivity contribution in [3.8, 4) is 0 Å². The molecule has 0 aliphatic rings. The molecule has 0 fully saturated rings. The molecule has 0 unspecified atom stereocenters. The highest BCUT2D eigenvalue weighted by molar-refractivity contribution is 5.89. The van der Waals surface area contributed by atoms with E-state index < -0.39 is 11.5 Å². The number of aromatic carboxylic acids is 1. The largest absolute Gasteiger partial charge is 0.477 e. The summed E-state index contributed by atoms with van der Waals surface area (Å²) >= 11 is 0. The summed E-state index contributed by atoms with van der Waals surface area (Å²) in [5.74, 6) is -1.08. The number of carbonyl (C=O) groups excluding carboxylic acids is 1. The third-order valence-corrected chi connectivity index (χ3v) is 3.26. The summed E-state index contributed by atoms with van der Waals surface area (Å²) in [6.07, 6.45) is 0.855. The molecule has 0 bridgehead atoms. The van der Waals surface area contributed by atoms with E-state index in [-0.39, 0.29) is 18.0 Å². The smallest absolute Gasteiger partial charge is 0.341 e. The SMILES string of the molecule is Cc1cc(C)n(CC(=O)NCCC(C)C)c(=O)c1C(=O)O. The van der Waals surface area contributed by atoms with E-state index >= 15 is 0 Å². The Hall–Kier alpha value is -2.11. The molecule has 0 spiro atoms. The summed E-state index contributed by atoms with van der Waals surface area (Å²) in [5.41, 5.74) is 0.0533. The molecule has 6 heteroatoms. The first-order valence-electron chi connectivity index (χ1n) is 6.95. The molecular formula is C15H22N2O4. The van der Waals surface area contributed by atoms with E-state index in [9.17, 15) is 14.4 Å². The van der Waals surface area contributed by atoms with Gasteiger partial charge in [-0.2, -0.15) is 0 Å². The molecule has 0 saturated carbocycles. The van der Waals surface area contributed by atoms with Gasteiger partial charge in [0.2, 0.25) is 5.91 Å². The first kappa shape index (κ1) is 16.9. The molecule has 0 aliphatic heterocycles. The van der Waals surface area contributed by atoms with Crippen LogP contribution in [-0.4, -0.2) is 28.1 Å². The lowest BCUT2D eigenvalue weighted by Crippen LogP contribution is -2.36. The molecule has 1 rings (SSSR count). The molecule has 2 N–H and O–H groups in total. The lowest BCUT2D eigenvalue weighted by Gasteiger charge is -2.13. The van der Waals surface area contributed by atoms with Crippen LogP contribution in [0, 0.1) is 19.8 Å². The highest BCUT2D eigenvalue weighted by Gasteiger charge is 2.17. The van der Waals surface area contributed by atoms with E-state index in [1.807, 2.05) is 0 Å². The quantitative estimate of drug-likeness (QED) is 0.828. The summed E-state index contributed by atoms with van der Waals surface area (Å²) in [7, 11) is 0. The second-order valence-electron chi connectivity index (χ2n) is 5.57. The van der Waals surface area contributed by atoms with E-state index in [2.05, 4.69) is 19.2 Å². The highest BCUT2D eigenvalue weighted by atomic mass is 16.4. The van der Waals surface area contributed by atoms with E-state index in [1.54, 1.807) is 19.9 Å². The molecule has 0 atom stereocenters. The zero-order valence-corrected chi connectivity index (χ0v) is 12.9. The van der Waals surface area contributed by atoms with Gasteiger partial charge in [-0.25, -0.2) is 4.79 Å². The van der Waals surface area contributed by atoms with Crippen molar-refractivity contribution in [2.75, 3.05) is 6.54 Å². The highest BCUT2D eigenvalue weighted by Crippen LogP contribution is 2.06. The van der Waals surface area contributed by atoms with Crippen LogP contribution in [0.2, 0.25) is 0 Å². The van der Waals surface area contributed by atoms with Gasteiger partial charge >= 0.3 is 5.97 Å². The summed E-state index contributed by atoms with van der Waals surface area (Å²) in [5, 5.41) is 11.8. The van der Waals surface area contributed by atoms with Crippen molar-refractivity contribution in [1.29, 1.82) is 0 Å². The summed E-state index contributed by atoms with van der Waals surface area (Å²) in [6, 6.07) is 1.60. The Morgan fingerprint density at radius 1 is 1.33 bits per heavy atom. The molecule has 0 aromatic carbocycles.